The SMILES string of the molecule is CC(C)NCc1ccc(CN(C)CCCN(C)C)s1. The monoisotopic (exact) mass is 283 g/mol. The minimum Gasteiger partial charge on any atom is -0.310 e. The lowest BCUT2D eigenvalue weighted by atomic mass is 10.3. The molecule has 0 aliphatic heterocycles. The third-order valence-electron chi connectivity index (χ3n) is 2.97. The number of hydrogen-bond acceptors (Lipinski definition) is 4. The van der Waals surface area contributed by atoms with E-state index in [4.69, 9.17) is 0 Å². The second-order valence-electron chi connectivity index (χ2n) is 5.80. The molecule has 0 aromatic carbocycles. The molecular formula is C15H29N3S. The molecule has 0 saturated carbocycles. The molecule has 0 amide bonds. The van der Waals surface area contributed by atoms with Crippen molar-refractivity contribution in [3.05, 3.63) is 21.9 Å². The molecule has 1 aromatic rings. The number of thiophene rings is 1. The Balaban J connectivity index is 2.28. The van der Waals surface area contributed by atoms with Crippen molar-refractivity contribution in [3.63, 3.8) is 0 Å². The summed E-state index contributed by atoms with van der Waals surface area (Å²) in [5.74, 6) is 0. The van der Waals surface area contributed by atoms with Gasteiger partial charge in [-0.05, 0) is 52.8 Å². The van der Waals surface area contributed by atoms with E-state index in [0.717, 1.165) is 19.6 Å². The van der Waals surface area contributed by atoms with Crippen LogP contribution in [0.1, 0.15) is 30.0 Å². The summed E-state index contributed by atoms with van der Waals surface area (Å²) in [5.41, 5.74) is 0. The fourth-order valence-electron chi connectivity index (χ4n) is 1.91. The van der Waals surface area contributed by atoms with Gasteiger partial charge in [0.2, 0.25) is 0 Å². The Labute approximate surface area is 122 Å². The van der Waals surface area contributed by atoms with E-state index in [1.807, 2.05) is 11.3 Å². The first-order valence-corrected chi connectivity index (χ1v) is 7.93. The van der Waals surface area contributed by atoms with Crippen LogP contribution in [0, 0.1) is 0 Å². The molecule has 0 aliphatic rings. The Bertz CT molecular complexity index is 347. The van der Waals surface area contributed by atoms with Crippen LogP contribution in [-0.4, -0.2) is 50.1 Å². The Hall–Kier alpha value is -0.420. The lowest BCUT2D eigenvalue weighted by molar-refractivity contribution is 0.296. The van der Waals surface area contributed by atoms with Gasteiger partial charge in [-0.1, -0.05) is 13.8 Å². The Morgan fingerprint density at radius 1 is 1.11 bits per heavy atom. The zero-order valence-electron chi connectivity index (χ0n) is 13.1. The van der Waals surface area contributed by atoms with Crippen molar-refractivity contribution >= 4 is 11.3 Å². The van der Waals surface area contributed by atoms with E-state index in [0.29, 0.717) is 6.04 Å². The molecular weight excluding hydrogens is 254 g/mol. The summed E-state index contributed by atoms with van der Waals surface area (Å²) in [6.45, 7) is 8.76. The van der Waals surface area contributed by atoms with Crippen molar-refractivity contribution in [3.8, 4) is 0 Å². The van der Waals surface area contributed by atoms with Crippen molar-refractivity contribution in [2.24, 2.45) is 0 Å². The normalized spacial score (nSPS) is 12.0. The zero-order chi connectivity index (χ0) is 14.3. The van der Waals surface area contributed by atoms with Gasteiger partial charge in [-0.15, -0.1) is 11.3 Å². The maximum absolute atomic E-state index is 3.47. The average molecular weight is 283 g/mol. The van der Waals surface area contributed by atoms with E-state index in [1.165, 1.54) is 22.7 Å². The first kappa shape index (κ1) is 16.6. The molecule has 0 fully saturated rings. The number of rotatable bonds is 9. The Morgan fingerprint density at radius 2 is 1.79 bits per heavy atom. The largest absolute Gasteiger partial charge is 0.310 e. The lowest BCUT2D eigenvalue weighted by Gasteiger charge is -2.17. The molecule has 0 atom stereocenters. The van der Waals surface area contributed by atoms with Crippen LogP contribution in [0.4, 0.5) is 0 Å². The third kappa shape index (κ3) is 7.67. The van der Waals surface area contributed by atoms with E-state index >= 15 is 0 Å². The topological polar surface area (TPSA) is 18.5 Å². The minimum absolute atomic E-state index is 0.555. The summed E-state index contributed by atoms with van der Waals surface area (Å²) in [7, 11) is 6.47. The number of hydrogen-bond donors (Lipinski definition) is 1. The van der Waals surface area contributed by atoms with E-state index in [-0.39, 0.29) is 0 Å². The summed E-state index contributed by atoms with van der Waals surface area (Å²) in [6.07, 6.45) is 1.23. The maximum Gasteiger partial charge on any atom is 0.0324 e. The molecule has 0 radical (unpaired) electrons. The van der Waals surface area contributed by atoms with Crippen molar-refractivity contribution in [2.75, 3.05) is 34.2 Å². The van der Waals surface area contributed by atoms with Crippen LogP contribution in [0.15, 0.2) is 12.1 Å². The molecule has 0 unspecified atom stereocenters. The van der Waals surface area contributed by atoms with Gasteiger partial charge in [-0.2, -0.15) is 0 Å². The molecule has 0 saturated heterocycles. The molecule has 1 N–H and O–H groups in total. The fraction of sp³-hybridized carbons (Fsp3) is 0.733. The number of nitrogens with one attached hydrogen (secondary N) is 1. The molecule has 0 bridgehead atoms. The van der Waals surface area contributed by atoms with E-state index in [9.17, 15) is 0 Å². The highest BCUT2D eigenvalue weighted by Gasteiger charge is 2.04. The molecule has 1 aromatic heterocycles. The van der Waals surface area contributed by atoms with Crippen LogP contribution < -0.4 is 5.32 Å². The van der Waals surface area contributed by atoms with Crippen LogP contribution >= 0.6 is 11.3 Å². The van der Waals surface area contributed by atoms with Crippen LogP contribution in [0.2, 0.25) is 0 Å². The van der Waals surface area contributed by atoms with Gasteiger partial charge in [-0.3, -0.25) is 0 Å². The molecule has 1 rings (SSSR count). The van der Waals surface area contributed by atoms with E-state index < -0.39 is 0 Å². The average Bonchev–Trinajstić information content (AvgIpc) is 2.73. The van der Waals surface area contributed by atoms with Crippen molar-refractivity contribution in [1.82, 2.24) is 15.1 Å². The van der Waals surface area contributed by atoms with Crippen LogP contribution in [0.3, 0.4) is 0 Å². The zero-order valence-corrected chi connectivity index (χ0v) is 13.9. The third-order valence-corrected chi connectivity index (χ3v) is 4.04. The van der Waals surface area contributed by atoms with Crippen LogP contribution in [-0.2, 0) is 13.1 Å². The van der Waals surface area contributed by atoms with Gasteiger partial charge < -0.3 is 15.1 Å². The van der Waals surface area contributed by atoms with E-state index in [2.05, 4.69) is 62.2 Å². The summed E-state index contributed by atoms with van der Waals surface area (Å²) < 4.78 is 0. The highest BCUT2D eigenvalue weighted by molar-refractivity contribution is 7.11. The maximum atomic E-state index is 3.47. The van der Waals surface area contributed by atoms with Crippen LogP contribution in [0.25, 0.3) is 0 Å². The molecule has 19 heavy (non-hydrogen) atoms. The predicted molar refractivity (Wildman–Crippen MR) is 85.8 cm³/mol. The van der Waals surface area contributed by atoms with Gasteiger partial charge in [-0.25, -0.2) is 0 Å². The van der Waals surface area contributed by atoms with Gasteiger partial charge in [0.25, 0.3) is 0 Å². The second-order valence-corrected chi connectivity index (χ2v) is 7.05. The first-order chi connectivity index (χ1) is 8.97. The Kier molecular flexibility index (Phi) is 7.61. The minimum atomic E-state index is 0.555. The number of nitrogens with zero attached hydrogens (tertiary/aromatic N) is 2. The predicted octanol–water partition coefficient (Wildman–Crippen LogP) is 2.63. The van der Waals surface area contributed by atoms with Gasteiger partial charge in [0.1, 0.15) is 0 Å². The highest BCUT2D eigenvalue weighted by atomic mass is 32.1. The van der Waals surface area contributed by atoms with Gasteiger partial charge >= 0.3 is 0 Å². The van der Waals surface area contributed by atoms with Crippen molar-refractivity contribution < 1.29 is 0 Å². The summed E-state index contributed by atoms with van der Waals surface area (Å²) >= 11 is 1.93. The summed E-state index contributed by atoms with van der Waals surface area (Å²) in [4.78, 5) is 7.56. The van der Waals surface area contributed by atoms with E-state index in [1.54, 1.807) is 0 Å². The molecule has 1 heterocycles. The summed E-state index contributed by atoms with van der Waals surface area (Å²) in [5, 5.41) is 3.47. The Morgan fingerprint density at radius 3 is 2.42 bits per heavy atom. The second kappa shape index (κ2) is 8.69. The van der Waals surface area contributed by atoms with Gasteiger partial charge in [0.15, 0.2) is 0 Å². The standard InChI is InChI=1S/C15H29N3S/c1-13(2)16-11-14-7-8-15(19-14)12-18(5)10-6-9-17(3)4/h7-8,13,16H,6,9-12H2,1-5H3. The smallest absolute Gasteiger partial charge is 0.0324 e. The molecule has 0 spiro atoms. The summed E-state index contributed by atoms with van der Waals surface area (Å²) in [6, 6.07) is 5.08. The van der Waals surface area contributed by atoms with Crippen molar-refractivity contribution in [1.29, 1.82) is 0 Å². The van der Waals surface area contributed by atoms with Gasteiger partial charge in [0, 0.05) is 28.9 Å². The quantitative estimate of drug-likeness (QED) is 0.751. The molecule has 110 valence electrons. The fourth-order valence-corrected chi connectivity index (χ4v) is 2.96. The first-order valence-electron chi connectivity index (χ1n) is 7.11. The highest BCUT2D eigenvalue weighted by Crippen LogP contribution is 2.18. The van der Waals surface area contributed by atoms with Crippen molar-refractivity contribution in [2.45, 2.75) is 39.4 Å². The molecule has 0 aliphatic carbocycles. The molecule has 4 heteroatoms. The van der Waals surface area contributed by atoms with Crippen LogP contribution in [0.5, 0.6) is 0 Å². The van der Waals surface area contributed by atoms with Gasteiger partial charge in [0.05, 0.1) is 0 Å². The lowest BCUT2D eigenvalue weighted by Crippen LogP contribution is -2.23. The molecule has 3 nitrogen and oxygen atoms in total.